The van der Waals surface area contributed by atoms with Gasteiger partial charge in [-0.2, -0.15) is 11.3 Å². The summed E-state index contributed by atoms with van der Waals surface area (Å²) >= 11 is 1.57. The molecule has 1 unspecified atom stereocenters. The summed E-state index contributed by atoms with van der Waals surface area (Å²) in [5.41, 5.74) is 0.964. The summed E-state index contributed by atoms with van der Waals surface area (Å²) in [7, 11) is 0. The van der Waals surface area contributed by atoms with Crippen molar-refractivity contribution in [3.05, 3.63) is 28.8 Å². The maximum atomic E-state index is 8.93. The summed E-state index contributed by atoms with van der Waals surface area (Å²) in [5, 5.41) is 21.2. The molecular weight excluding hydrogens is 148 g/mol. The third-order valence-electron chi connectivity index (χ3n) is 1.12. The molecule has 55 valence electrons. The van der Waals surface area contributed by atoms with Gasteiger partial charge in [0.15, 0.2) is 0 Å². The molecule has 0 bridgehead atoms. The first-order chi connectivity index (χ1) is 4.83. The van der Waals surface area contributed by atoms with Crippen LogP contribution in [0.4, 0.5) is 0 Å². The van der Waals surface area contributed by atoms with E-state index >= 15 is 0 Å². The monoisotopic (exact) mass is 157 g/mol. The smallest absolute Gasteiger partial charge is 0.0846 e. The van der Waals surface area contributed by atoms with Crippen LogP contribution in [0.15, 0.2) is 16.8 Å². The van der Waals surface area contributed by atoms with Gasteiger partial charge in [-0.3, -0.25) is 0 Å². The lowest BCUT2D eigenvalue weighted by Crippen LogP contribution is -2.12. The fraction of sp³-hybridized carbons (Fsp3) is 0.286. The molecule has 1 radical (unpaired) electrons. The Morgan fingerprint density at radius 3 is 3.00 bits per heavy atom. The van der Waals surface area contributed by atoms with Gasteiger partial charge < -0.3 is 10.2 Å². The van der Waals surface area contributed by atoms with Crippen molar-refractivity contribution in [2.24, 2.45) is 0 Å². The van der Waals surface area contributed by atoms with Gasteiger partial charge in [-0.15, -0.1) is 0 Å². The summed E-state index contributed by atoms with van der Waals surface area (Å²) in [5.74, 6) is 0. The Balaban J connectivity index is 2.40. The normalized spacial score (nSPS) is 13.4. The Morgan fingerprint density at radius 2 is 2.50 bits per heavy atom. The number of hydrogen-bond acceptors (Lipinski definition) is 3. The Morgan fingerprint density at radius 1 is 1.70 bits per heavy atom. The second kappa shape index (κ2) is 3.71. The largest absolute Gasteiger partial charge is 0.394 e. The summed E-state index contributed by atoms with van der Waals surface area (Å²) in [6.45, 7) is -0.212. The quantitative estimate of drug-likeness (QED) is 0.676. The molecular formula is C7H9O2S. The third kappa shape index (κ3) is 2.10. The van der Waals surface area contributed by atoms with Gasteiger partial charge in [0.05, 0.1) is 12.7 Å². The second-order valence-corrected chi connectivity index (χ2v) is 2.75. The van der Waals surface area contributed by atoms with Crippen molar-refractivity contribution in [1.82, 2.24) is 0 Å². The maximum Gasteiger partial charge on any atom is 0.0846 e. The van der Waals surface area contributed by atoms with Crippen LogP contribution in [-0.2, 0) is 0 Å². The lowest BCUT2D eigenvalue weighted by Gasteiger charge is -2.02. The molecule has 0 aliphatic carbocycles. The SMILES string of the molecule is OCC(O)[CH]c1ccsc1. The number of aliphatic hydroxyl groups excluding tert-OH is 2. The van der Waals surface area contributed by atoms with E-state index in [-0.39, 0.29) is 6.61 Å². The Bertz CT molecular complexity index is 172. The molecule has 2 N–H and O–H groups in total. The van der Waals surface area contributed by atoms with E-state index in [9.17, 15) is 0 Å². The molecule has 0 aliphatic rings. The van der Waals surface area contributed by atoms with Gasteiger partial charge in [0.25, 0.3) is 0 Å². The van der Waals surface area contributed by atoms with Crippen LogP contribution >= 0.6 is 11.3 Å². The van der Waals surface area contributed by atoms with Gasteiger partial charge in [0, 0.05) is 6.42 Å². The predicted molar refractivity (Wildman–Crippen MR) is 40.8 cm³/mol. The summed E-state index contributed by atoms with van der Waals surface area (Å²) in [4.78, 5) is 0. The van der Waals surface area contributed by atoms with E-state index in [0.29, 0.717) is 0 Å². The lowest BCUT2D eigenvalue weighted by atomic mass is 10.2. The molecule has 1 heterocycles. The number of aliphatic hydroxyl groups is 2. The molecule has 1 aromatic heterocycles. The molecule has 10 heavy (non-hydrogen) atoms. The molecule has 0 amide bonds. The van der Waals surface area contributed by atoms with Crippen LogP contribution in [0.2, 0.25) is 0 Å². The highest BCUT2D eigenvalue weighted by molar-refractivity contribution is 7.08. The molecule has 1 atom stereocenters. The molecule has 0 saturated carbocycles. The first kappa shape index (κ1) is 7.72. The number of rotatable bonds is 3. The standard InChI is InChI=1S/C7H9O2S/c8-4-7(9)3-6-1-2-10-5-6/h1-3,5,7-9H,4H2. The summed E-state index contributed by atoms with van der Waals surface area (Å²) < 4.78 is 0. The van der Waals surface area contributed by atoms with Crippen molar-refractivity contribution in [3.63, 3.8) is 0 Å². The summed E-state index contributed by atoms with van der Waals surface area (Å²) in [6, 6.07) is 1.89. The first-order valence-corrected chi connectivity index (χ1v) is 3.93. The van der Waals surface area contributed by atoms with Gasteiger partial charge in [0.2, 0.25) is 0 Å². The average molecular weight is 157 g/mol. The molecule has 1 aromatic rings. The number of thiophene rings is 1. The van der Waals surface area contributed by atoms with Crippen molar-refractivity contribution < 1.29 is 10.2 Å². The van der Waals surface area contributed by atoms with Gasteiger partial charge >= 0.3 is 0 Å². The van der Waals surface area contributed by atoms with Crippen LogP contribution in [0, 0.1) is 6.42 Å². The molecule has 0 aliphatic heterocycles. The Labute approximate surface area is 63.8 Å². The highest BCUT2D eigenvalue weighted by atomic mass is 32.1. The zero-order chi connectivity index (χ0) is 7.40. The van der Waals surface area contributed by atoms with Crippen molar-refractivity contribution in [3.8, 4) is 0 Å². The van der Waals surface area contributed by atoms with Crippen LogP contribution in [0.1, 0.15) is 5.56 Å². The van der Waals surface area contributed by atoms with Crippen LogP contribution in [0.3, 0.4) is 0 Å². The molecule has 0 fully saturated rings. The van der Waals surface area contributed by atoms with Crippen LogP contribution in [-0.4, -0.2) is 22.9 Å². The minimum absolute atomic E-state index is 0.212. The van der Waals surface area contributed by atoms with Crippen LogP contribution in [0.25, 0.3) is 0 Å². The second-order valence-electron chi connectivity index (χ2n) is 1.97. The van der Waals surface area contributed by atoms with Gasteiger partial charge in [-0.05, 0) is 22.4 Å². The number of hydrogen-bond donors (Lipinski definition) is 2. The van der Waals surface area contributed by atoms with Crippen molar-refractivity contribution in [1.29, 1.82) is 0 Å². The van der Waals surface area contributed by atoms with E-state index < -0.39 is 6.10 Å². The van der Waals surface area contributed by atoms with Crippen molar-refractivity contribution in [2.75, 3.05) is 6.61 Å². The molecule has 0 saturated heterocycles. The van der Waals surface area contributed by atoms with Gasteiger partial charge in [-0.25, -0.2) is 0 Å². The molecule has 1 rings (SSSR count). The average Bonchev–Trinajstić information content (AvgIpc) is 2.40. The van der Waals surface area contributed by atoms with Crippen molar-refractivity contribution in [2.45, 2.75) is 6.10 Å². The summed E-state index contributed by atoms with van der Waals surface area (Å²) in [6.07, 6.45) is 0.894. The van der Waals surface area contributed by atoms with Crippen LogP contribution in [0.5, 0.6) is 0 Å². The van der Waals surface area contributed by atoms with E-state index in [1.165, 1.54) is 0 Å². The van der Waals surface area contributed by atoms with E-state index in [1.807, 2.05) is 16.8 Å². The molecule has 0 spiro atoms. The van der Waals surface area contributed by atoms with Gasteiger partial charge in [0.1, 0.15) is 0 Å². The minimum Gasteiger partial charge on any atom is -0.394 e. The van der Waals surface area contributed by atoms with Crippen LogP contribution < -0.4 is 0 Å². The van der Waals surface area contributed by atoms with Crippen molar-refractivity contribution >= 4 is 11.3 Å². The highest BCUT2D eigenvalue weighted by Gasteiger charge is 2.03. The zero-order valence-electron chi connectivity index (χ0n) is 5.40. The Hall–Kier alpha value is -0.380. The third-order valence-corrected chi connectivity index (χ3v) is 1.82. The highest BCUT2D eigenvalue weighted by Crippen LogP contribution is 2.09. The van der Waals surface area contributed by atoms with E-state index in [4.69, 9.17) is 10.2 Å². The fourth-order valence-electron chi connectivity index (χ4n) is 0.645. The lowest BCUT2D eigenvalue weighted by molar-refractivity contribution is 0.122. The molecule has 3 heteroatoms. The molecule has 0 aromatic carbocycles. The molecule has 2 nitrogen and oxygen atoms in total. The zero-order valence-corrected chi connectivity index (χ0v) is 6.21. The van der Waals surface area contributed by atoms with E-state index in [2.05, 4.69) is 0 Å². The van der Waals surface area contributed by atoms with Gasteiger partial charge in [-0.1, -0.05) is 0 Å². The fourth-order valence-corrected chi connectivity index (χ4v) is 1.27. The minimum atomic E-state index is -0.727. The predicted octanol–water partition coefficient (Wildman–Crippen LogP) is 0.654. The maximum absolute atomic E-state index is 8.93. The first-order valence-electron chi connectivity index (χ1n) is 2.99. The van der Waals surface area contributed by atoms with E-state index in [1.54, 1.807) is 17.8 Å². The van der Waals surface area contributed by atoms with E-state index in [0.717, 1.165) is 5.56 Å². The Kier molecular flexibility index (Phi) is 2.86. The topological polar surface area (TPSA) is 40.5 Å².